The third kappa shape index (κ3) is 6.05. The number of hydrogen-bond donors (Lipinski definition) is 0. The number of rotatable bonds is 11. The number of ether oxygens (including phenoxy) is 2. The summed E-state index contributed by atoms with van der Waals surface area (Å²) in [5, 5.41) is 0. The molecule has 1 saturated carbocycles. The van der Waals surface area contributed by atoms with Crippen molar-refractivity contribution < 1.29 is 42.0 Å². The average molecular weight is 527 g/mol. The maximum atomic E-state index is 13.3. The van der Waals surface area contributed by atoms with Gasteiger partial charge in [0.15, 0.2) is 0 Å². The highest BCUT2D eigenvalue weighted by Crippen LogP contribution is 2.56. The largest absolute Gasteiger partial charge is 0.529 e. The fraction of sp³-hybridized carbons (Fsp3) is 0.625. The van der Waals surface area contributed by atoms with Gasteiger partial charge in [-0.1, -0.05) is 32.6 Å². The van der Waals surface area contributed by atoms with E-state index in [4.69, 9.17) is 23.0 Å². The fourth-order valence-corrected chi connectivity index (χ4v) is 6.12. The van der Waals surface area contributed by atoms with Gasteiger partial charge in [-0.05, 0) is 35.7 Å². The molecule has 0 N–H and O–H groups in total. The molecule has 0 aromatic heterocycles. The zero-order valence-corrected chi connectivity index (χ0v) is 23.1. The number of benzene rings is 1. The van der Waals surface area contributed by atoms with Gasteiger partial charge in [-0.3, -0.25) is 23.4 Å². The third-order valence-electron chi connectivity index (χ3n) is 6.49. The lowest BCUT2D eigenvalue weighted by atomic mass is 9.55. The minimum atomic E-state index is -3.82. The van der Waals surface area contributed by atoms with Crippen molar-refractivity contribution >= 4 is 33.6 Å². The topological polar surface area (TPSA) is 114 Å². The van der Waals surface area contributed by atoms with Crippen LogP contribution in [0.5, 0.6) is 5.75 Å². The predicted octanol–water partition coefficient (Wildman–Crippen LogP) is 4.69. The van der Waals surface area contributed by atoms with Crippen molar-refractivity contribution in [3.63, 3.8) is 0 Å². The third-order valence-corrected chi connectivity index (χ3v) is 9.53. The van der Waals surface area contributed by atoms with Crippen LogP contribution in [-0.4, -0.2) is 53.2 Å². The average Bonchev–Trinajstić information content (AvgIpc) is 2.80. The zero-order chi connectivity index (χ0) is 26.0. The van der Waals surface area contributed by atoms with Crippen LogP contribution in [0.3, 0.4) is 0 Å². The summed E-state index contributed by atoms with van der Waals surface area (Å²) in [4.78, 5) is 39.6. The Bertz CT molecular complexity index is 1010. The van der Waals surface area contributed by atoms with Gasteiger partial charge in [0, 0.05) is 34.6 Å². The van der Waals surface area contributed by atoms with Crippen molar-refractivity contribution in [3.8, 4) is 5.75 Å². The number of fused-ring (bicyclic) bond motifs is 2. The molecule has 9 nitrogen and oxygen atoms in total. The maximum Gasteiger partial charge on any atom is 0.529 e. The second-order valence-corrected chi connectivity index (χ2v) is 17.6. The van der Waals surface area contributed by atoms with Crippen molar-refractivity contribution in [2.75, 3.05) is 27.4 Å². The van der Waals surface area contributed by atoms with Gasteiger partial charge in [0.05, 0.1) is 31.0 Å². The van der Waals surface area contributed by atoms with Crippen LogP contribution in [0.15, 0.2) is 18.2 Å². The van der Waals surface area contributed by atoms with E-state index in [0.29, 0.717) is 12.0 Å². The maximum absolute atomic E-state index is 13.3. The highest BCUT2D eigenvalue weighted by molar-refractivity contribution is 7.48. The second kappa shape index (κ2) is 10.9. The molecular weight excluding hydrogens is 491 g/mol. The van der Waals surface area contributed by atoms with Crippen molar-refractivity contribution in [2.45, 2.75) is 57.3 Å². The minimum Gasteiger partial charge on any atom is -0.466 e. The van der Waals surface area contributed by atoms with Gasteiger partial charge in [-0.2, -0.15) is 0 Å². The van der Waals surface area contributed by atoms with Crippen molar-refractivity contribution in [1.29, 1.82) is 0 Å². The van der Waals surface area contributed by atoms with Crippen LogP contribution in [0.1, 0.15) is 42.7 Å². The second-order valence-electron chi connectivity index (χ2n) is 10.1. The Balaban J connectivity index is 1.99. The van der Waals surface area contributed by atoms with E-state index in [2.05, 4.69) is 19.6 Å². The number of carbonyl (C=O) groups is 3. The number of hydrogen-bond acceptors (Lipinski definition) is 9. The molecule has 1 aromatic rings. The van der Waals surface area contributed by atoms with Gasteiger partial charge in [0.1, 0.15) is 11.5 Å². The summed E-state index contributed by atoms with van der Waals surface area (Å²) in [7, 11) is -2.85. The molecule has 35 heavy (non-hydrogen) atoms. The highest BCUT2D eigenvalue weighted by atomic mass is 31.2. The molecule has 0 heterocycles. The Morgan fingerprint density at radius 3 is 2.23 bits per heavy atom. The molecule has 1 unspecified atom stereocenters. The van der Waals surface area contributed by atoms with Gasteiger partial charge in [-0.15, -0.1) is 0 Å². The van der Waals surface area contributed by atoms with Gasteiger partial charge in [-0.25, -0.2) is 4.57 Å². The van der Waals surface area contributed by atoms with E-state index in [1.165, 1.54) is 14.2 Å². The molecule has 1 fully saturated rings. The van der Waals surface area contributed by atoms with E-state index in [1.54, 1.807) is 18.2 Å². The lowest BCUT2D eigenvalue weighted by Crippen LogP contribution is -2.50. The normalized spacial score (nSPS) is 23.5. The molecule has 11 heteroatoms. The van der Waals surface area contributed by atoms with E-state index >= 15 is 0 Å². The summed E-state index contributed by atoms with van der Waals surface area (Å²) in [5.41, 5.74) is 1.34. The van der Waals surface area contributed by atoms with Crippen LogP contribution in [0.25, 0.3) is 0 Å². The molecule has 1 aromatic carbocycles. The summed E-state index contributed by atoms with van der Waals surface area (Å²) in [6.07, 6.45) is 0.752. The summed E-state index contributed by atoms with van der Waals surface area (Å²) in [5.74, 6) is -4.25. The first-order valence-electron chi connectivity index (χ1n) is 11.9. The number of carbonyl (C=O) groups excluding carboxylic acids is 3. The molecule has 4 atom stereocenters. The standard InChI is InChI=1S/C24H35O9PSi/c1-7-10-31-24(27)22-20-17-13-15(33-34(28,29-2)30-3)8-9-16(17)18(14-19(20)25)21(22)23(26)32-11-12-35(4,5)6/h8-9,13,18,20-22H,7,10-12,14H2,1-6H3/t18?,20-,21-,22-/m1/s1. The zero-order valence-electron chi connectivity index (χ0n) is 21.2. The van der Waals surface area contributed by atoms with E-state index in [0.717, 1.165) is 11.6 Å². The van der Waals surface area contributed by atoms with Crippen LogP contribution in [0, 0.1) is 11.8 Å². The van der Waals surface area contributed by atoms with Gasteiger partial charge in [0.25, 0.3) is 0 Å². The first-order valence-corrected chi connectivity index (χ1v) is 17.0. The minimum absolute atomic E-state index is 0.137. The highest BCUT2D eigenvalue weighted by Gasteiger charge is 2.58. The first kappa shape index (κ1) is 27.6. The Labute approximate surface area is 207 Å². The molecule has 3 aliphatic carbocycles. The number of esters is 2. The molecule has 4 rings (SSSR count). The lowest BCUT2D eigenvalue weighted by Gasteiger charge is -2.46. The van der Waals surface area contributed by atoms with E-state index in [1.807, 2.05) is 6.92 Å². The summed E-state index contributed by atoms with van der Waals surface area (Å²) >= 11 is 0. The Kier molecular flexibility index (Phi) is 8.63. The number of ketones is 1. The Hall–Kier alpha value is -2.00. The van der Waals surface area contributed by atoms with Gasteiger partial charge >= 0.3 is 19.8 Å². The van der Waals surface area contributed by atoms with Crippen molar-refractivity contribution in [1.82, 2.24) is 0 Å². The molecule has 2 bridgehead atoms. The van der Waals surface area contributed by atoms with Gasteiger partial charge in [0.2, 0.25) is 0 Å². The van der Waals surface area contributed by atoms with E-state index in [9.17, 15) is 18.9 Å². The summed E-state index contributed by atoms with van der Waals surface area (Å²) < 4.78 is 38.6. The smallest absolute Gasteiger partial charge is 0.466 e. The fourth-order valence-electron chi connectivity index (χ4n) is 4.74. The molecule has 0 aliphatic heterocycles. The molecule has 0 saturated heterocycles. The SMILES string of the molecule is CCCOC(=O)[C@H]1[C@H](C(=O)OCC[Si](C)(C)C)C2CC(=O)[C@H]1c1cc(OP(=O)(OC)OC)ccc12. The van der Waals surface area contributed by atoms with Crippen LogP contribution in [0.4, 0.5) is 0 Å². The van der Waals surface area contributed by atoms with Crippen molar-refractivity contribution in [3.05, 3.63) is 29.3 Å². The van der Waals surface area contributed by atoms with Crippen LogP contribution in [0.2, 0.25) is 25.7 Å². The van der Waals surface area contributed by atoms with E-state index < -0.39 is 51.5 Å². The first-order chi connectivity index (χ1) is 16.4. The number of phosphoric acid groups is 1. The van der Waals surface area contributed by atoms with Crippen molar-refractivity contribution in [2.24, 2.45) is 11.8 Å². The number of Topliss-reactive ketones (excluding diaryl/α,β-unsaturated/α-hetero) is 1. The molecule has 0 radical (unpaired) electrons. The lowest BCUT2D eigenvalue weighted by molar-refractivity contribution is -0.167. The quantitative estimate of drug-likeness (QED) is 0.230. The molecule has 194 valence electrons. The molecule has 0 spiro atoms. The summed E-state index contributed by atoms with van der Waals surface area (Å²) in [6.45, 7) is 8.92. The van der Waals surface area contributed by atoms with E-state index in [-0.39, 0.29) is 31.2 Å². The monoisotopic (exact) mass is 526 g/mol. The molecule has 3 aliphatic rings. The molecule has 0 amide bonds. The van der Waals surface area contributed by atoms with Gasteiger partial charge < -0.3 is 14.0 Å². The Morgan fingerprint density at radius 1 is 1.00 bits per heavy atom. The number of phosphoric ester groups is 1. The Morgan fingerprint density at radius 2 is 1.63 bits per heavy atom. The summed E-state index contributed by atoms with van der Waals surface area (Å²) in [6, 6.07) is 5.70. The van der Waals surface area contributed by atoms with Crippen LogP contribution >= 0.6 is 7.82 Å². The van der Waals surface area contributed by atoms with Crippen LogP contribution < -0.4 is 4.52 Å². The van der Waals surface area contributed by atoms with Crippen LogP contribution in [-0.2, 0) is 37.5 Å². The predicted molar refractivity (Wildman–Crippen MR) is 131 cm³/mol. The molecular formula is C24H35O9PSi.